The van der Waals surface area contributed by atoms with E-state index in [0.29, 0.717) is 9.68 Å². The zero-order chi connectivity index (χ0) is 13.4. The summed E-state index contributed by atoms with van der Waals surface area (Å²) in [6.07, 6.45) is 0. The van der Waals surface area contributed by atoms with Gasteiger partial charge < -0.3 is 4.57 Å². The van der Waals surface area contributed by atoms with E-state index in [1.807, 2.05) is 41.3 Å². The zero-order valence-electron chi connectivity index (χ0n) is 9.96. The number of aryl methyl sites for hydroxylation is 1. The van der Waals surface area contributed by atoms with Crippen LogP contribution in [0.5, 0.6) is 0 Å². The summed E-state index contributed by atoms with van der Waals surface area (Å²) >= 11 is 6.45. The van der Waals surface area contributed by atoms with Gasteiger partial charge in [-0.2, -0.15) is 4.99 Å². The van der Waals surface area contributed by atoms with Crippen molar-refractivity contribution in [1.29, 1.82) is 0 Å². The fourth-order valence-electron chi connectivity index (χ4n) is 1.81. The summed E-state index contributed by atoms with van der Waals surface area (Å²) in [6.45, 7) is 0. The summed E-state index contributed by atoms with van der Waals surface area (Å²) in [6, 6.07) is 9.64. The molecule has 0 N–H and O–H groups in total. The highest BCUT2D eigenvalue weighted by Gasteiger charge is 2.09. The van der Waals surface area contributed by atoms with E-state index in [2.05, 4.69) is 20.9 Å². The zero-order valence-corrected chi connectivity index (χ0v) is 13.2. The first-order chi connectivity index (χ1) is 9.16. The monoisotopic (exact) mass is 352 g/mol. The normalized spacial score (nSPS) is 12.2. The molecule has 0 radical (unpaired) electrons. The first kappa shape index (κ1) is 12.8. The van der Waals surface area contributed by atoms with Gasteiger partial charge in [-0.15, -0.1) is 11.3 Å². The number of halogens is 1. The SMILES string of the molecule is Cn1c(=NC(=O)c2cccs2)sc2cccc(Br)c21. The van der Waals surface area contributed by atoms with E-state index in [1.54, 1.807) is 6.07 Å². The van der Waals surface area contributed by atoms with E-state index in [0.717, 1.165) is 14.7 Å². The van der Waals surface area contributed by atoms with Crippen LogP contribution in [0.4, 0.5) is 0 Å². The summed E-state index contributed by atoms with van der Waals surface area (Å²) in [5.41, 5.74) is 1.06. The number of carbonyl (C=O) groups is 1. The summed E-state index contributed by atoms with van der Waals surface area (Å²) in [5.74, 6) is -0.187. The van der Waals surface area contributed by atoms with Gasteiger partial charge in [-0.25, -0.2) is 0 Å². The van der Waals surface area contributed by atoms with Crippen LogP contribution in [-0.4, -0.2) is 10.5 Å². The quantitative estimate of drug-likeness (QED) is 0.655. The number of amides is 1. The maximum absolute atomic E-state index is 12.0. The lowest BCUT2D eigenvalue weighted by atomic mass is 10.3. The van der Waals surface area contributed by atoms with E-state index in [9.17, 15) is 4.79 Å². The molecule has 96 valence electrons. The van der Waals surface area contributed by atoms with Crippen LogP contribution in [0.25, 0.3) is 10.2 Å². The summed E-state index contributed by atoms with van der Waals surface area (Å²) < 4.78 is 4.05. The predicted octanol–water partition coefficient (Wildman–Crippen LogP) is 3.80. The van der Waals surface area contributed by atoms with Gasteiger partial charge in [0.1, 0.15) is 0 Å². The largest absolute Gasteiger partial charge is 0.318 e. The lowest BCUT2D eigenvalue weighted by Crippen LogP contribution is -2.12. The van der Waals surface area contributed by atoms with Crippen molar-refractivity contribution in [2.24, 2.45) is 12.0 Å². The highest BCUT2D eigenvalue weighted by atomic mass is 79.9. The van der Waals surface area contributed by atoms with Crippen LogP contribution in [0.3, 0.4) is 0 Å². The minimum Gasteiger partial charge on any atom is -0.318 e. The van der Waals surface area contributed by atoms with E-state index in [4.69, 9.17) is 0 Å². The van der Waals surface area contributed by atoms with Crippen LogP contribution in [0.2, 0.25) is 0 Å². The minimum atomic E-state index is -0.187. The molecule has 2 aromatic heterocycles. The Morgan fingerprint density at radius 2 is 2.16 bits per heavy atom. The van der Waals surface area contributed by atoms with Crippen LogP contribution in [0.1, 0.15) is 9.67 Å². The van der Waals surface area contributed by atoms with E-state index in [1.165, 1.54) is 22.7 Å². The maximum Gasteiger partial charge on any atom is 0.289 e. The van der Waals surface area contributed by atoms with Gasteiger partial charge in [0, 0.05) is 11.5 Å². The highest BCUT2D eigenvalue weighted by Crippen LogP contribution is 2.24. The second-order valence-electron chi connectivity index (χ2n) is 3.92. The van der Waals surface area contributed by atoms with Crippen LogP contribution in [0.15, 0.2) is 45.2 Å². The molecule has 0 aliphatic carbocycles. The van der Waals surface area contributed by atoms with Gasteiger partial charge in [0.25, 0.3) is 5.91 Å². The number of hydrogen-bond donors (Lipinski definition) is 0. The number of para-hydroxylation sites is 1. The molecule has 0 unspecified atom stereocenters. The third-order valence-electron chi connectivity index (χ3n) is 2.70. The van der Waals surface area contributed by atoms with E-state index < -0.39 is 0 Å². The molecule has 3 rings (SSSR count). The van der Waals surface area contributed by atoms with E-state index in [-0.39, 0.29) is 5.91 Å². The summed E-state index contributed by atoms with van der Waals surface area (Å²) in [4.78, 5) is 17.6. The number of rotatable bonds is 1. The van der Waals surface area contributed by atoms with Crippen molar-refractivity contribution in [3.05, 3.63) is 49.9 Å². The molecule has 3 nitrogen and oxygen atoms in total. The topological polar surface area (TPSA) is 34.4 Å². The molecule has 0 saturated heterocycles. The molecule has 6 heteroatoms. The van der Waals surface area contributed by atoms with Crippen molar-refractivity contribution in [2.45, 2.75) is 0 Å². The molecule has 2 heterocycles. The fraction of sp³-hybridized carbons (Fsp3) is 0.0769. The van der Waals surface area contributed by atoms with Crippen molar-refractivity contribution in [3.8, 4) is 0 Å². The number of fused-ring (bicyclic) bond motifs is 1. The van der Waals surface area contributed by atoms with Crippen LogP contribution in [-0.2, 0) is 7.05 Å². The molecular weight excluding hydrogens is 344 g/mol. The number of thiophene rings is 1. The van der Waals surface area contributed by atoms with Gasteiger partial charge in [0.05, 0.1) is 15.1 Å². The Balaban J connectivity index is 2.19. The fourth-order valence-corrected chi connectivity index (χ4v) is 4.22. The number of carbonyl (C=O) groups excluding carboxylic acids is 1. The molecule has 0 fully saturated rings. The van der Waals surface area contributed by atoms with Crippen LogP contribution < -0.4 is 4.80 Å². The van der Waals surface area contributed by atoms with Crippen LogP contribution >= 0.6 is 38.6 Å². The van der Waals surface area contributed by atoms with Crippen molar-refractivity contribution in [2.75, 3.05) is 0 Å². The van der Waals surface area contributed by atoms with Gasteiger partial charge in [-0.1, -0.05) is 23.5 Å². The Bertz CT molecular complexity index is 815. The average molecular weight is 353 g/mol. The van der Waals surface area contributed by atoms with Crippen molar-refractivity contribution in [3.63, 3.8) is 0 Å². The molecular formula is C13H9BrN2OS2. The average Bonchev–Trinajstić information content (AvgIpc) is 2.99. The predicted molar refractivity (Wildman–Crippen MR) is 82.7 cm³/mol. The van der Waals surface area contributed by atoms with Gasteiger partial charge in [-0.05, 0) is 39.5 Å². The molecule has 0 bridgehead atoms. The summed E-state index contributed by atoms with van der Waals surface area (Å²) in [5, 5.41) is 1.88. The Hall–Kier alpha value is -1.24. The Kier molecular flexibility index (Phi) is 3.38. The minimum absolute atomic E-state index is 0.187. The Morgan fingerprint density at radius 1 is 1.32 bits per heavy atom. The molecule has 0 saturated carbocycles. The molecule has 0 aliphatic rings. The second-order valence-corrected chi connectivity index (χ2v) is 6.74. The van der Waals surface area contributed by atoms with Gasteiger partial charge in [0.2, 0.25) is 0 Å². The van der Waals surface area contributed by atoms with Crippen molar-refractivity contribution in [1.82, 2.24) is 4.57 Å². The highest BCUT2D eigenvalue weighted by molar-refractivity contribution is 9.10. The van der Waals surface area contributed by atoms with E-state index >= 15 is 0 Å². The lowest BCUT2D eigenvalue weighted by Gasteiger charge is -1.97. The van der Waals surface area contributed by atoms with Gasteiger partial charge in [-0.3, -0.25) is 4.79 Å². The van der Waals surface area contributed by atoms with Crippen molar-refractivity contribution < 1.29 is 4.79 Å². The van der Waals surface area contributed by atoms with Crippen LogP contribution in [0, 0.1) is 0 Å². The van der Waals surface area contributed by atoms with Gasteiger partial charge in [0.15, 0.2) is 4.80 Å². The Labute approximate surface area is 126 Å². The number of thiazole rings is 1. The lowest BCUT2D eigenvalue weighted by molar-refractivity contribution is 0.100. The standard InChI is InChI=1S/C13H9BrN2OS2/c1-16-11-8(14)4-2-5-9(11)19-13(16)15-12(17)10-6-3-7-18-10/h2-7H,1H3. The smallest absolute Gasteiger partial charge is 0.289 e. The molecule has 1 aromatic carbocycles. The molecule has 0 atom stereocenters. The first-order valence-electron chi connectivity index (χ1n) is 5.53. The number of benzene rings is 1. The molecule has 0 spiro atoms. The Morgan fingerprint density at radius 3 is 2.84 bits per heavy atom. The molecule has 0 aliphatic heterocycles. The number of nitrogens with zero attached hydrogens (tertiary/aromatic N) is 2. The number of hydrogen-bond acceptors (Lipinski definition) is 3. The molecule has 19 heavy (non-hydrogen) atoms. The molecule has 3 aromatic rings. The third kappa shape index (κ3) is 2.31. The summed E-state index contributed by atoms with van der Waals surface area (Å²) in [7, 11) is 1.92. The second kappa shape index (κ2) is 5.03. The third-order valence-corrected chi connectivity index (χ3v) is 5.30. The van der Waals surface area contributed by atoms with Crippen molar-refractivity contribution >= 4 is 54.7 Å². The van der Waals surface area contributed by atoms with Gasteiger partial charge >= 0.3 is 0 Å². The molecule has 1 amide bonds. The maximum atomic E-state index is 12.0. The number of aromatic nitrogens is 1. The first-order valence-corrected chi connectivity index (χ1v) is 8.02.